The molecule has 4 rings (SSSR count). The van der Waals surface area contributed by atoms with Crippen LogP contribution in [0.3, 0.4) is 0 Å². The van der Waals surface area contributed by atoms with Crippen LogP contribution in [0.4, 0.5) is 0 Å². The van der Waals surface area contributed by atoms with E-state index in [0.29, 0.717) is 5.56 Å². The van der Waals surface area contributed by atoms with Gasteiger partial charge in [-0.05, 0) is 42.7 Å². The first kappa shape index (κ1) is 15.9. The topological polar surface area (TPSA) is 46.5 Å². The molecule has 2 aliphatic carbocycles. The van der Waals surface area contributed by atoms with Crippen LogP contribution in [0.15, 0.2) is 17.7 Å². The van der Waals surface area contributed by atoms with E-state index in [0.717, 1.165) is 41.7 Å². The van der Waals surface area contributed by atoms with Crippen LogP contribution in [-0.4, -0.2) is 23.1 Å². The van der Waals surface area contributed by atoms with E-state index in [4.69, 9.17) is 4.74 Å². The van der Waals surface area contributed by atoms with Crippen LogP contribution in [0.5, 0.6) is 0 Å². The minimum absolute atomic E-state index is 0.0524. The van der Waals surface area contributed by atoms with Gasteiger partial charge in [0.1, 0.15) is 18.0 Å². The van der Waals surface area contributed by atoms with Crippen LogP contribution in [0.25, 0.3) is 5.76 Å². The number of aliphatic hydroxyl groups is 1. The van der Waals surface area contributed by atoms with Crippen LogP contribution in [-0.2, 0) is 16.6 Å². The lowest BCUT2D eigenvalue weighted by Crippen LogP contribution is -2.37. The monoisotopic (exact) mass is 326 g/mol. The molecule has 3 aliphatic rings. The third-order valence-electron chi connectivity index (χ3n) is 6.53. The van der Waals surface area contributed by atoms with E-state index in [1.165, 1.54) is 5.56 Å². The lowest BCUT2D eigenvalue weighted by molar-refractivity contribution is 0.0745. The standard InChI is InChI=1S/C21H26O3/c1-11-21(4,5)16-18(23)17(22)15-12-7-6-10-20(2,3)14(12)9-8-13(15)19(16)24-11/h8-9,11,18,23H,6-7,10H2,1-5H3. The lowest BCUT2D eigenvalue weighted by Gasteiger charge is -2.36. The molecule has 0 bridgehead atoms. The molecule has 0 saturated heterocycles. The minimum Gasteiger partial charge on any atom is -0.489 e. The molecule has 2 atom stereocenters. The summed E-state index contributed by atoms with van der Waals surface area (Å²) < 4.78 is 6.14. The molecule has 3 heteroatoms. The van der Waals surface area contributed by atoms with Gasteiger partial charge in [0.15, 0.2) is 5.78 Å². The fraction of sp³-hybridized carbons (Fsp3) is 0.571. The summed E-state index contributed by atoms with van der Waals surface area (Å²) in [6.45, 7) is 10.6. The molecular formula is C21H26O3. The molecule has 0 radical (unpaired) electrons. The fourth-order valence-electron chi connectivity index (χ4n) is 4.71. The summed E-state index contributed by atoms with van der Waals surface area (Å²) >= 11 is 0. The van der Waals surface area contributed by atoms with Crippen LogP contribution in [0, 0.1) is 5.41 Å². The summed E-state index contributed by atoms with van der Waals surface area (Å²) in [5, 5.41) is 10.8. The average molecular weight is 326 g/mol. The summed E-state index contributed by atoms with van der Waals surface area (Å²) in [5.41, 5.74) is 4.46. The van der Waals surface area contributed by atoms with Gasteiger partial charge in [-0.3, -0.25) is 4.79 Å². The Kier molecular flexibility index (Phi) is 3.13. The number of ketones is 1. The zero-order valence-corrected chi connectivity index (χ0v) is 15.2. The Balaban J connectivity index is 2.00. The first-order chi connectivity index (χ1) is 11.2. The SMILES string of the molecule is CC1OC2=C(C(O)C(=O)c3c2ccc2c3CCCC2(C)C)C1(C)C. The van der Waals surface area contributed by atoms with Crippen molar-refractivity contribution in [3.05, 3.63) is 40.0 Å². The van der Waals surface area contributed by atoms with Crippen molar-refractivity contribution < 1.29 is 14.6 Å². The second kappa shape index (κ2) is 4.72. The lowest BCUT2D eigenvalue weighted by atomic mass is 9.67. The van der Waals surface area contributed by atoms with Crippen molar-refractivity contribution in [3.63, 3.8) is 0 Å². The Hall–Kier alpha value is -1.61. The van der Waals surface area contributed by atoms with E-state index in [1.54, 1.807) is 0 Å². The molecule has 24 heavy (non-hydrogen) atoms. The van der Waals surface area contributed by atoms with E-state index in [1.807, 2.05) is 26.8 Å². The van der Waals surface area contributed by atoms with E-state index >= 15 is 0 Å². The summed E-state index contributed by atoms with van der Waals surface area (Å²) in [6, 6.07) is 4.21. The largest absolute Gasteiger partial charge is 0.489 e. The highest BCUT2D eigenvalue weighted by atomic mass is 16.5. The van der Waals surface area contributed by atoms with Crippen molar-refractivity contribution in [2.24, 2.45) is 5.41 Å². The Morgan fingerprint density at radius 1 is 1.21 bits per heavy atom. The van der Waals surface area contributed by atoms with Crippen molar-refractivity contribution in [2.45, 2.75) is 71.5 Å². The third kappa shape index (κ3) is 1.85. The van der Waals surface area contributed by atoms with Gasteiger partial charge < -0.3 is 9.84 Å². The molecule has 0 amide bonds. The van der Waals surface area contributed by atoms with Crippen molar-refractivity contribution in [1.29, 1.82) is 0 Å². The van der Waals surface area contributed by atoms with E-state index in [9.17, 15) is 9.90 Å². The summed E-state index contributed by atoms with van der Waals surface area (Å²) in [6.07, 6.45) is 1.98. The van der Waals surface area contributed by atoms with Crippen molar-refractivity contribution in [2.75, 3.05) is 0 Å². The van der Waals surface area contributed by atoms with Crippen LogP contribution < -0.4 is 0 Å². The van der Waals surface area contributed by atoms with Gasteiger partial charge in [-0.2, -0.15) is 0 Å². The van der Waals surface area contributed by atoms with Gasteiger partial charge in [-0.1, -0.05) is 39.8 Å². The fourth-order valence-corrected chi connectivity index (χ4v) is 4.71. The Morgan fingerprint density at radius 2 is 1.92 bits per heavy atom. The number of carbonyl (C=O) groups is 1. The van der Waals surface area contributed by atoms with Gasteiger partial charge in [0.2, 0.25) is 0 Å². The van der Waals surface area contributed by atoms with Crippen LogP contribution in [0.2, 0.25) is 0 Å². The van der Waals surface area contributed by atoms with Gasteiger partial charge in [0.25, 0.3) is 0 Å². The van der Waals surface area contributed by atoms with Gasteiger partial charge in [0, 0.05) is 22.1 Å². The number of aliphatic hydroxyl groups excluding tert-OH is 1. The molecule has 1 aromatic rings. The maximum Gasteiger partial charge on any atom is 0.196 e. The molecule has 0 aromatic heterocycles. The van der Waals surface area contributed by atoms with E-state index in [-0.39, 0.29) is 22.7 Å². The molecule has 128 valence electrons. The minimum atomic E-state index is -1.08. The quantitative estimate of drug-likeness (QED) is 0.783. The number of carbonyl (C=O) groups excluding carboxylic acids is 1. The third-order valence-corrected chi connectivity index (χ3v) is 6.53. The molecule has 3 nitrogen and oxygen atoms in total. The maximum absolute atomic E-state index is 13.1. The molecule has 0 fully saturated rings. The molecule has 1 N–H and O–H groups in total. The Morgan fingerprint density at radius 3 is 2.62 bits per heavy atom. The molecule has 1 aliphatic heterocycles. The van der Waals surface area contributed by atoms with Crippen molar-refractivity contribution in [1.82, 2.24) is 0 Å². The molecule has 2 unspecified atom stereocenters. The first-order valence-corrected chi connectivity index (χ1v) is 8.96. The van der Waals surface area contributed by atoms with Crippen molar-refractivity contribution in [3.8, 4) is 0 Å². The Labute approximate surface area is 143 Å². The predicted molar refractivity (Wildman–Crippen MR) is 94.0 cm³/mol. The second-order valence-electron chi connectivity index (χ2n) is 8.74. The number of ether oxygens (including phenoxy) is 1. The summed E-state index contributed by atoms with van der Waals surface area (Å²) in [4.78, 5) is 13.1. The number of hydrogen-bond donors (Lipinski definition) is 1. The van der Waals surface area contributed by atoms with E-state index in [2.05, 4.69) is 19.9 Å². The molecule has 0 saturated carbocycles. The zero-order valence-electron chi connectivity index (χ0n) is 15.2. The molecule has 1 aromatic carbocycles. The number of benzene rings is 1. The van der Waals surface area contributed by atoms with Gasteiger partial charge in [0.05, 0.1) is 0 Å². The highest BCUT2D eigenvalue weighted by molar-refractivity contribution is 6.10. The van der Waals surface area contributed by atoms with E-state index < -0.39 is 6.10 Å². The summed E-state index contributed by atoms with van der Waals surface area (Å²) in [5.74, 6) is 0.588. The average Bonchev–Trinajstić information content (AvgIpc) is 2.74. The van der Waals surface area contributed by atoms with Gasteiger partial charge in [-0.25, -0.2) is 0 Å². The summed E-state index contributed by atoms with van der Waals surface area (Å²) in [7, 11) is 0. The molecule has 1 heterocycles. The highest BCUT2D eigenvalue weighted by Crippen LogP contribution is 2.52. The van der Waals surface area contributed by atoms with Gasteiger partial charge in [-0.15, -0.1) is 0 Å². The van der Waals surface area contributed by atoms with Crippen molar-refractivity contribution >= 4 is 11.5 Å². The first-order valence-electron chi connectivity index (χ1n) is 8.96. The smallest absolute Gasteiger partial charge is 0.196 e. The van der Waals surface area contributed by atoms with Gasteiger partial charge >= 0.3 is 0 Å². The van der Waals surface area contributed by atoms with Crippen LogP contribution >= 0.6 is 0 Å². The molecule has 0 spiro atoms. The maximum atomic E-state index is 13.1. The highest BCUT2D eigenvalue weighted by Gasteiger charge is 2.50. The number of hydrogen-bond acceptors (Lipinski definition) is 3. The number of Topliss-reactive ketones (excluding diaryl/α,β-unsaturated/α-hetero) is 1. The predicted octanol–water partition coefficient (Wildman–Crippen LogP) is 4.01. The molecular weight excluding hydrogens is 300 g/mol. The second-order valence-corrected chi connectivity index (χ2v) is 8.74. The number of fused-ring (bicyclic) bond motifs is 4. The zero-order chi connectivity index (χ0) is 17.4. The van der Waals surface area contributed by atoms with Crippen LogP contribution in [0.1, 0.15) is 74.5 Å². The Bertz CT molecular complexity index is 783. The number of rotatable bonds is 0. The normalized spacial score (nSPS) is 29.7.